The number of likely N-dealkylation sites (N-methyl/N-ethyl adjacent to an activating group) is 1. The molecule has 2 aliphatic rings. The van der Waals surface area contributed by atoms with Crippen LogP contribution in [0.15, 0.2) is 0 Å². The number of nitrogens with one attached hydrogen (secondary N) is 1. The molecule has 4 nitrogen and oxygen atoms in total. The van der Waals surface area contributed by atoms with Gasteiger partial charge in [-0.25, -0.2) is 0 Å². The Morgan fingerprint density at radius 2 is 1.86 bits per heavy atom. The lowest BCUT2D eigenvalue weighted by Gasteiger charge is -2.47. The van der Waals surface area contributed by atoms with Crippen LogP contribution in [0.4, 0.5) is 0 Å². The lowest BCUT2D eigenvalue weighted by atomic mass is 9.74. The topological polar surface area (TPSA) is 58.4 Å². The molecule has 4 heteroatoms. The number of nitrogens with zero attached hydrogens (tertiary/aromatic N) is 1. The van der Waals surface area contributed by atoms with Crippen LogP contribution < -0.4 is 11.1 Å². The minimum Gasteiger partial charge on any atom is -0.355 e. The van der Waals surface area contributed by atoms with E-state index in [0.717, 1.165) is 37.8 Å². The molecule has 0 atom stereocenters. The first-order valence-corrected chi connectivity index (χ1v) is 8.85. The zero-order valence-corrected chi connectivity index (χ0v) is 13.9. The molecule has 3 N–H and O–H groups in total. The highest BCUT2D eigenvalue weighted by atomic mass is 16.2. The number of hydrogen-bond acceptors (Lipinski definition) is 3. The Hall–Kier alpha value is -0.610. The van der Waals surface area contributed by atoms with Crippen molar-refractivity contribution in [1.82, 2.24) is 10.2 Å². The van der Waals surface area contributed by atoms with Crippen molar-refractivity contribution in [3.8, 4) is 0 Å². The van der Waals surface area contributed by atoms with Crippen LogP contribution in [0.1, 0.15) is 58.8 Å². The third kappa shape index (κ3) is 4.43. The number of amides is 1. The molecule has 21 heavy (non-hydrogen) atoms. The van der Waals surface area contributed by atoms with E-state index < -0.39 is 0 Å². The van der Waals surface area contributed by atoms with Crippen molar-refractivity contribution in [1.29, 1.82) is 0 Å². The van der Waals surface area contributed by atoms with Gasteiger partial charge in [0.1, 0.15) is 0 Å². The molecule has 0 unspecified atom stereocenters. The Balaban J connectivity index is 1.88. The Labute approximate surface area is 129 Å². The van der Waals surface area contributed by atoms with E-state index in [2.05, 4.69) is 24.1 Å². The zero-order valence-electron chi connectivity index (χ0n) is 13.9. The molecule has 0 heterocycles. The van der Waals surface area contributed by atoms with E-state index in [0.29, 0.717) is 13.1 Å². The van der Waals surface area contributed by atoms with Crippen molar-refractivity contribution in [3.05, 3.63) is 0 Å². The van der Waals surface area contributed by atoms with E-state index in [4.69, 9.17) is 5.73 Å². The van der Waals surface area contributed by atoms with Crippen molar-refractivity contribution in [2.45, 2.75) is 64.3 Å². The third-order valence-corrected chi connectivity index (χ3v) is 5.67. The second kappa shape index (κ2) is 7.59. The fraction of sp³-hybridized carbons (Fsp3) is 0.941. The molecule has 2 rings (SSSR count). The van der Waals surface area contributed by atoms with Crippen LogP contribution in [0.2, 0.25) is 0 Å². The van der Waals surface area contributed by atoms with Crippen LogP contribution in [0.5, 0.6) is 0 Å². The highest BCUT2D eigenvalue weighted by Crippen LogP contribution is 2.37. The second-order valence-corrected chi connectivity index (χ2v) is 7.04. The number of rotatable bonds is 8. The summed E-state index contributed by atoms with van der Waals surface area (Å²) in [4.78, 5) is 14.5. The summed E-state index contributed by atoms with van der Waals surface area (Å²) in [6, 6.07) is 0. The van der Waals surface area contributed by atoms with Gasteiger partial charge in [0.2, 0.25) is 5.91 Å². The summed E-state index contributed by atoms with van der Waals surface area (Å²) < 4.78 is 0. The van der Waals surface area contributed by atoms with Gasteiger partial charge >= 0.3 is 0 Å². The quantitative estimate of drug-likeness (QED) is 0.721. The van der Waals surface area contributed by atoms with E-state index in [-0.39, 0.29) is 11.4 Å². The van der Waals surface area contributed by atoms with E-state index in [9.17, 15) is 4.79 Å². The summed E-state index contributed by atoms with van der Waals surface area (Å²) in [5.74, 6) is 1.77. The van der Waals surface area contributed by atoms with Gasteiger partial charge in [-0.2, -0.15) is 0 Å². The molecular weight excluding hydrogens is 262 g/mol. The van der Waals surface area contributed by atoms with Crippen molar-refractivity contribution < 1.29 is 4.79 Å². The van der Waals surface area contributed by atoms with Gasteiger partial charge in [-0.3, -0.25) is 9.69 Å². The average Bonchev–Trinajstić information content (AvgIpc) is 3.35. The molecule has 1 amide bonds. The number of carbonyl (C=O) groups is 1. The first-order valence-electron chi connectivity index (χ1n) is 8.85. The molecule has 0 aromatic carbocycles. The molecule has 2 aliphatic carbocycles. The Morgan fingerprint density at radius 1 is 1.19 bits per heavy atom. The molecule has 122 valence electrons. The molecule has 0 radical (unpaired) electrons. The molecule has 0 saturated heterocycles. The van der Waals surface area contributed by atoms with Gasteiger partial charge in [0.25, 0.3) is 0 Å². The molecule has 2 saturated carbocycles. The summed E-state index contributed by atoms with van der Waals surface area (Å²) in [5, 5.41) is 3.09. The standard InChI is InChI=1S/C17H33N3O/c1-3-14-7-9-17(13-18,10-8-14)20(4-2)12-16(21)19-11-15-5-6-15/h14-15H,3-13,18H2,1-2H3,(H,19,21). The Kier molecular flexibility index (Phi) is 6.06. The van der Waals surface area contributed by atoms with Crippen molar-refractivity contribution in [3.63, 3.8) is 0 Å². The molecule has 0 spiro atoms. The fourth-order valence-electron chi connectivity index (χ4n) is 3.70. The Morgan fingerprint density at radius 3 is 2.33 bits per heavy atom. The van der Waals surface area contributed by atoms with Crippen LogP contribution in [0.25, 0.3) is 0 Å². The van der Waals surface area contributed by atoms with Gasteiger partial charge in [0.05, 0.1) is 6.54 Å². The van der Waals surface area contributed by atoms with Crippen LogP contribution in [0, 0.1) is 11.8 Å². The first kappa shape index (κ1) is 16.8. The maximum Gasteiger partial charge on any atom is 0.234 e. The summed E-state index contributed by atoms with van der Waals surface area (Å²) in [5.41, 5.74) is 6.19. The van der Waals surface area contributed by atoms with Gasteiger partial charge in [-0.1, -0.05) is 20.3 Å². The largest absolute Gasteiger partial charge is 0.355 e. The van der Waals surface area contributed by atoms with Crippen molar-refractivity contribution in [2.24, 2.45) is 17.6 Å². The van der Waals surface area contributed by atoms with Gasteiger partial charge < -0.3 is 11.1 Å². The predicted molar refractivity (Wildman–Crippen MR) is 87.0 cm³/mol. The monoisotopic (exact) mass is 295 g/mol. The van der Waals surface area contributed by atoms with Gasteiger partial charge in [-0.15, -0.1) is 0 Å². The van der Waals surface area contributed by atoms with Gasteiger partial charge in [0.15, 0.2) is 0 Å². The first-order chi connectivity index (χ1) is 10.1. The summed E-state index contributed by atoms with van der Waals surface area (Å²) in [6.45, 7) is 7.39. The average molecular weight is 295 g/mol. The smallest absolute Gasteiger partial charge is 0.234 e. The minimum absolute atomic E-state index is 0.0529. The second-order valence-electron chi connectivity index (χ2n) is 7.04. The maximum absolute atomic E-state index is 12.2. The molecule has 0 aromatic heterocycles. The lowest BCUT2D eigenvalue weighted by molar-refractivity contribution is -0.124. The zero-order chi connectivity index (χ0) is 15.3. The maximum atomic E-state index is 12.2. The lowest BCUT2D eigenvalue weighted by Crippen LogP contribution is -2.58. The van der Waals surface area contributed by atoms with Crippen molar-refractivity contribution >= 4 is 5.91 Å². The van der Waals surface area contributed by atoms with Crippen LogP contribution in [-0.4, -0.2) is 42.5 Å². The van der Waals surface area contributed by atoms with E-state index >= 15 is 0 Å². The van der Waals surface area contributed by atoms with Crippen LogP contribution >= 0.6 is 0 Å². The summed E-state index contributed by atoms with van der Waals surface area (Å²) in [7, 11) is 0. The summed E-state index contributed by atoms with van der Waals surface area (Å²) in [6.07, 6.45) is 8.64. The number of hydrogen-bond donors (Lipinski definition) is 2. The van der Waals surface area contributed by atoms with E-state index in [1.54, 1.807) is 0 Å². The minimum atomic E-state index is 0.0529. The molecule has 0 aliphatic heterocycles. The molecule has 0 bridgehead atoms. The number of carbonyl (C=O) groups excluding carboxylic acids is 1. The van der Waals surface area contributed by atoms with Crippen LogP contribution in [0.3, 0.4) is 0 Å². The number of nitrogens with two attached hydrogens (primary N) is 1. The SMILES string of the molecule is CCC1CCC(CN)(N(CC)CC(=O)NCC2CC2)CC1. The fourth-order valence-corrected chi connectivity index (χ4v) is 3.70. The predicted octanol–water partition coefficient (Wildman–Crippen LogP) is 2.13. The Bertz CT molecular complexity index is 333. The van der Waals surface area contributed by atoms with Gasteiger partial charge in [0, 0.05) is 18.6 Å². The van der Waals surface area contributed by atoms with Gasteiger partial charge in [-0.05, 0) is 56.9 Å². The van der Waals surface area contributed by atoms with E-state index in [1.165, 1.54) is 32.1 Å². The third-order valence-electron chi connectivity index (χ3n) is 5.67. The van der Waals surface area contributed by atoms with Crippen molar-refractivity contribution in [2.75, 3.05) is 26.2 Å². The molecule has 0 aromatic rings. The highest BCUT2D eigenvalue weighted by molar-refractivity contribution is 5.78. The molecular formula is C17H33N3O. The van der Waals surface area contributed by atoms with E-state index in [1.807, 2.05) is 0 Å². The molecule has 2 fully saturated rings. The highest BCUT2D eigenvalue weighted by Gasteiger charge is 2.39. The summed E-state index contributed by atoms with van der Waals surface area (Å²) >= 11 is 0. The van der Waals surface area contributed by atoms with Crippen LogP contribution in [-0.2, 0) is 4.79 Å². The normalized spacial score (nSPS) is 29.6.